The van der Waals surface area contributed by atoms with Gasteiger partial charge in [0.1, 0.15) is 0 Å². The molecule has 0 amide bonds. The SMILES string of the molecule is OC[C@H]1[C@H](c2ccccc2)[C@H](CO)[C@H]1c1ccccc1. The van der Waals surface area contributed by atoms with Crippen molar-refractivity contribution in [3.05, 3.63) is 71.8 Å². The van der Waals surface area contributed by atoms with Crippen LogP contribution < -0.4 is 0 Å². The molecule has 1 fully saturated rings. The summed E-state index contributed by atoms with van der Waals surface area (Å²) in [5.74, 6) is 0.877. The number of rotatable bonds is 4. The van der Waals surface area contributed by atoms with Crippen LogP contribution in [0.4, 0.5) is 0 Å². The maximum absolute atomic E-state index is 9.78. The fraction of sp³-hybridized carbons (Fsp3) is 0.333. The number of aliphatic hydroxyl groups is 2. The number of hydrogen-bond acceptors (Lipinski definition) is 2. The first kappa shape index (κ1) is 13.3. The maximum Gasteiger partial charge on any atom is 0.0471 e. The van der Waals surface area contributed by atoms with E-state index in [9.17, 15) is 10.2 Å². The first-order valence-electron chi connectivity index (χ1n) is 7.18. The third-order valence-electron chi connectivity index (χ3n) is 4.64. The van der Waals surface area contributed by atoms with E-state index < -0.39 is 0 Å². The van der Waals surface area contributed by atoms with Crippen LogP contribution >= 0.6 is 0 Å². The second-order valence-corrected chi connectivity index (χ2v) is 5.57. The molecule has 2 nitrogen and oxygen atoms in total. The van der Waals surface area contributed by atoms with Crippen molar-refractivity contribution in [3.8, 4) is 0 Å². The molecule has 3 rings (SSSR count). The van der Waals surface area contributed by atoms with Crippen molar-refractivity contribution in [1.82, 2.24) is 0 Å². The summed E-state index contributed by atoms with van der Waals surface area (Å²) in [6.45, 7) is 0.325. The Morgan fingerprint density at radius 2 is 0.950 bits per heavy atom. The third kappa shape index (κ3) is 2.15. The molecule has 2 N–H and O–H groups in total. The molecule has 1 aliphatic rings. The van der Waals surface area contributed by atoms with Gasteiger partial charge < -0.3 is 10.2 Å². The Balaban J connectivity index is 1.91. The summed E-state index contributed by atoms with van der Waals surface area (Å²) in [5, 5.41) is 19.6. The first-order valence-corrected chi connectivity index (χ1v) is 7.18. The molecule has 0 heterocycles. The van der Waals surface area contributed by atoms with E-state index in [1.54, 1.807) is 0 Å². The van der Waals surface area contributed by atoms with Crippen LogP contribution in [0.15, 0.2) is 60.7 Å². The molecule has 0 unspecified atom stereocenters. The standard InChI is InChI=1S/C18H20O2/c19-11-15-17(13-7-3-1-4-8-13)16(12-20)18(15)14-9-5-2-6-10-14/h1-10,15-20H,11-12H2/t15-,16-,17-,18-. The van der Waals surface area contributed by atoms with Crippen molar-refractivity contribution in [1.29, 1.82) is 0 Å². The van der Waals surface area contributed by atoms with E-state index in [-0.39, 0.29) is 36.9 Å². The van der Waals surface area contributed by atoms with Gasteiger partial charge in [0.05, 0.1) is 0 Å². The molecule has 2 heteroatoms. The van der Waals surface area contributed by atoms with Gasteiger partial charge in [-0.05, 0) is 34.8 Å². The Labute approximate surface area is 119 Å². The van der Waals surface area contributed by atoms with Gasteiger partial charge in [-0.3, -0.25) is 0 Å². The average Bonchev–Trinajstić information content (AvgIpc) is 2.49. The smallest absolute Gasteiger partial charge is 0.0471 e. The summed E-state index contributed by atoms with van der Waals surface area (Å²) in [7, 11) is 0. The molecule has 0 saturated heterocycles. The van der Waals surface area contributed by atoms with Crippen LogP contribution in [0.3, 0.4) is 0 Å². The van der Waals surface area contributed by atoms with Crippen molar-refractivity contribution >= 4 is 0 Å². The molecule has 2 aromatic rings. The molecule has 20 heavy (non-hydrogen) atoms. The Hall–Kier alpha value is -1.64. The lowest BCUT2D eigenvalue weighted by molar-refractivity contribution is 0.00523. The van der Waals surface area contributed by atoms with Gasteiger partial charge in [-0.25, -0.2) is 0 Å². The zero-order chi connectivity index (χ0) is 13.9. The Kier molecular flexibility index (Phi) is 3.86. The lowest BCUT2D eigenvalue weighted by Crippen LogP contribution is -2.46. The Bertz CT molecular complexity index is 478. The van der Waals surface area contributed by atoms with E-state index in [2.05, 4.69) is 24.3 Å². The van der Waals surface area contributed by atoms with Crippen LogP contribution in [0, 0.1) is 11.8 Å². The van der Waals surface area contributed by atoms with E-state index in [0.29, 0.717) is 0 Å². The Morgan fingerprint density at radius 1 is 0.600 bits per heavy atom. The summed E-state index contributed by atoms with van der Waals surface area (Å²) in [5.41, 5.74) is 2.44. The second-order valence-electron chi connectivity index (χ2n) is 5.57. The van der Waals surface area contributed by atoms with Gasteiger partial charge in [0.2, 0.25) is 0 Å². The van der Waals surface area contributed by atoms with Gasteiger partial charge >= 0.3 is 0 Å². The highest BCUT2D eigenvalue weighted by Gasteiger charge is 2.50. The fourth-order valence-electron chi connectivity index (χ4n) is 3.73. The fourth-order valence-corrected chi connectivity index (χ4v) is 3.73. The van der Waals surface area contributed by atoms with Crippen LogP contribution in [-0.2, 0) is 0 Å². The summed E-state index contributed by atoms with van der Waals surface area (Å²) < 4.78 is 0. The molecule has 0 aliphatic heterocycles. The van der Waals surface area contributed by atoms with E-state index in [4.69, 9.17) is 0 Å². The van der Waals surface area contributed by atoms with Crippen LogP contribution in [0.1, 0.15) is 23.0 Å². The van der Waals surface area contributed by atoms with Crippen LogP contribution in [-0.4, -0.2) is 23.4 Å². The second kappa shape index (κ2) is 5.78. The number of aliphatic hydroxyl groups excluding tert-OH is 2. The largest absolute Gasteiger partial charge is 0.396 e. The topological polar surface area (TPSA) is 40.5 Å². The molecular formula is C18H20O2. The van der Waals surface area contributed by atoms with Gasteiger partial charge in [-0.2, -0.15) is 0 Å². The predicted octanol–water partition coefficient (Wildman–Crippen LogP) is 2.78. The van der Waals surface area contributed by atoms with Gasteiger partial charge in [0.15, 0.2) is 0 Å². The van der Waals surface area contributed by atoms with Crippen molar-refractivity contribution in [2.45, 2.75) is 11.8 Å². The van der Waals surface area contributed by atoms with E-state index in [1.165, 1.54) is 11.1 Å². The minimum Gasteiger partial charge on any atom is -0.396 e. The molecule has 2 aromatic carbocycles. The van der Waals surface area contributed by atoms with Crippen LogP contribution in [0.2, 0.25) is 0 Å². The van der Waals surface area contributed by atoms with Gasteiger partial charge in [0, 0.05) is 13.2 Å². The zero-order valence-corrected chi connectivity index (χ0v) is 11.4. The lowest BCUT2D eigenvalue weighted by atomic mass is 9.53. The van der Waals surface area contributed by atoms with Gasteiger partial charge in [-0.1, -0.05) is 60.7 Å². The lowest BCUT2D eigenvalue weighted by Gasteiger charge is -2.51. The highest BCUT2D eigenvalue weighted by Crippen LogP contribution is 2.56. The van der Waals surface area contributed by atoms with Crippen molar-refractivity contribution < 1.29 is 10.2 Å². The maximum atomic E-state index is 9.78. The molecule has 0 bridgehead atoms. The number of hydrogen-bond donors (Lipinski definition) is 2. The Morgan fingerprint density at radius 3 is 1.25 bits per heavy atom. The molecule has 0 atom stereocenters. The van der Waals surface area contributed by atoms with Crippen molar-refractivity contribution in [3.63, 3.8) is 0 Å². The summed E-state index contributed by atoms with van der Waals surface area (Å²) in [4.78, 5) is 0. The minimum atomic E-state index is 0.162. The predicted molar refractivity (Wildman–Crippen MR) is 79.5 cm³/mol. The summed E-state index contributed by atoms with van der Waals surface area (Å²) >= 11 is 0. The highest BCUT2D eigenvalue weighted by molar-refractivity contribution is 5.33. The third-order valence-corrected chi connectivity index (χ3v) is 4.64. The van der Waals surface area contributed by atoms with Crippen molar-refractivity contribution in [2.24, 2.45) is 11.8 Å². The first-order chi connectivity index (χ1) is 9.86. The highest BCUT2D eigenvalue weighted by atomic mass is 16.3. The number of benzene rings is 2. The molecule has 0 radical (unpaired) electrons. The van der Waals surface area contributed by atoms with Crippen LogP contribution in [0.25, 0.3) is 0 Å². The molecule has 1 aliphatic carbocycles. The monoisotopic (exact) mass is 268 g/mol. The summed E-state index contributed by atoms with van der Waals surface area (Å²) in [6, 6.07) is 20.5. The van der Waals surface area contributed by atoms with Gasteiger partial charge in [-0.15, -0.1) is 0 Å². The van der Waals surface area contributed by atoms with Crippen molar-refractivity contribution in [2.75, 3.05) is 13.2 Å². The van der Waals surface area contributed by atoms with Crippen LogP contribution in [0.5, 0.6) is 0 Å². The minimum absolute atomic E-state index is 0.162. The van der Waals surface area contributed by atoms with E-state index >= 15 is 0 Å². The molecular weight excluding hydrogens is 248 g/mol. The van der Waals surface area contributed by atoms with E-state index in [0.717, 1.165) is 0 Å². The van der Waals surface area contributed by atoms with Gasteiger partial charge in [0.25, 0.3) is 0 Å². The molecule has 0 spiro atoms. The molecule has 104 valence electrons. The molecule has 0 aromatic heterocycles. The molecule has 1 saturated carbocycles. The zero-order valence-electron chi connectivity index (χ0n) is 11.4. The summed E-state index contributed by atoms with van der Waals surface area (Å²) in [6.07, 6.45) is 0. The quantitative estimate of drug-likeness (QED) is 0.895. The average molecular weight is 268 g/mol. The normalized spacial score (nSPS) is 28.9. The van der Waals surface area contributed by atoms with E-state index in [1.807, 2.05) is 36.4 Å².